The van der Waals surface area contributed by atoms with Crippen molar-refractivity contribution in [3.8, 4) is 57.5 Å². The van der Waals surface area contributed by atoms with Crippen molar-refractivity contribution in [2.24, 2.45) is 9.98 Å². The molecule has 2 aliphatic carbocycles. The molecule has 0 aromatic heterocycles. The fraction of sp³-hybridized carbons (Fsp3) is 0.340. The van der Waals surface area contributed by atoms with Crippen LogP contribution in [-0.2, 0) is 73.0 Å². The zero-order valence-electron chi connectivity index (χ0n) is 63.8. The number of phenolic OH excluding ortho intramolecular Hbond substituents is 4. The maximum Gasteiger partial charge on any atom is 0.179 e. The minimum Gasteiger partial charge on any atom is -0.507 e. The van der Waals surface area contributed by atoms with Crippen molar-refractivity contribution < 1.29 is 48.8 Å². The Bertz CT molecular complexity index is 4460. The smallest absolute Gasteiger partial charge is 0.179 e. The Kier molecular flexibility index (Phi) is 21.5. The highest BCUT2D eigenvalue weighted by Gasteiger charge is 2.30. The van der Waals surface area contributed by atoms with Crippen LogP contribution in [-0.4, -0.2) is 72.7 Å². The van der Waals surface area contributed by atoms with Crippen LogP contribution in [0, 0.1) is 0 Å². The molecule has 0 saturated heterocycles. The lowest BCUT2D eigenvalue weighted by atomic mass is 9.79. The van der Waals surface area contributed by atoms with Crippen LogP contribution in [0.2, 0.25) is 0 Å². The van der Waals surface area contributed by atoms with Gasteiger partial charge in [-0.05, 0) is 168 Å². The number of phenols is 4. The summed E-state index contributed by atoms with van der Waals surface area (Å²) in [6, 6.07) is 57.3. The number of hydrogen-bond donors (Lipinski definition) is 4. The van der Waals surface area contributed by atoms with E-state index in [4.69, 9.17) is 38.4 Å². The van der Waals surface area contributed by atoms with Gasteiger partial charge in [-0.15, -0.1) is 0 Å². The average molecular weight is 1420 g/mol. The molecule has 12 heteroatoms. The van der Waals surface area contributed by atoms with Gasteiger partial charge in [0.2, 0.25) is 0 Å². The van der Waals surface area contributed by atoms with E-state index in [-0.39, 0.29) is 58.1 Å². The summed E-state index contributed by atoms with van der Waals surface area (Å²) in [6.07, 6.45) is 7.70. The summed E-state index contributed by atoms with van der Waals surface area (Å²) in [5.41, 5.74) is 18.5. The Balaban J connectivity index is 0.898. The number of nitrogens with zero attached hydrogens (tertiary/aromatic N) is 2. The standard InChI is InChI=1S/C94H102N2O10/c1-91(2,3)77-47-69-43-73-51-79(93(7,8)9)53-75-45-71-49-78(92(4,5)6)50-72(86(71)100)46-76-54-80(94(10,11)12)52-74(44-70(48-77)85(69)99)90(76)104-36-20-34-102-82-32-14-22-60(38-82)56-96-58-106-88-67-29-18-30-68(88)42-64-26-16-24-62(84(64)98)40-66-28-17-27-65(39-61-23-15-25-63(41-67)83(61)97)87(66)105-57-95-55-59-21-13-31-81(37-59)101-33-19-35-103-89(73)75/h13-18,21-32,37-38,47-56,97-100H,19-20,33-36,39-46,57-58H2,1-12H3. The molecule has 0 radical (unpaired) electrons. The third-order valence-corrected chi connectivity index (χ3v) is 20.7. The molecule has 12 nitrogen and oxygen atoms in total. The van der Waals surface area contributed by atoms with E-state index >= 15 is 0 Å². The van der Waals surface area contributed by atoms with Gasteiger partial charge in [0.15, 0.2) is 13.5 Å². The third kappa shape index (κ3) is 17.2. The average Bonchev–Trinajstić information content (AvgIpc) is 0.762. The van der Waals surface area contributed by atoms with Gasteiger partial charge in [0.05, 0.1) is 26.4 Å². The van der Waals surface area contributed by atoms with Gasteiger partial charge < -0.3 is 48.8 Å². The molecular formula is C94H102N2O10. The molecule has 106 heavy (non-hydrogen) atoms. The summed E-state index contributed by atoms with van der Waals surface area (Å²) >= 11 is 0. The molecule has 24 bridgehead atoms. The first-order chi connectivity index (χ1) is 50.7. The Hall–Kier alpha value is -10.5. The van der Waals surface area contributed by atoms with Crippen molar-refractivity contribution in [1.29, 1.82) is 0 Å². The fourth-order valence-electron chi connectivity index (χ4n) is 14.6. The highest BCUT2D eigenvalue weighted by Crippen LogP contribution is 2.46. The van der Waals surface area contributed by atoms with Crippen LogP contribution < -0.4 is 28.4 Å². The second-order valence-corrected chi connectivity index (χ2v) is 33.0. The van der Waals surface area contributed by atoms with Crippen LogP contribution in [0.15, 0.2) is 180 Å². The van der Waals surface area contributed by atoms with E-state index in [1.54, 1.807) is 12.4 Å². The van der Waals surface area contributed by atoms with Crippen molar-refractivity contribution in [1.82, 2.24) is 0 Å². The molecule has 4 N–H and O–H groups in total. The Morgan fingerprint density at radius 2 is 0.491 bits per heavy atom. The lowest BCUT2D eigenvalue weighted by molar-refractivity contribution is 0.245. The van der Waals surface area contributed by atoms with Crippen LogP contribution in [0.25, 0.3) is 0 Å². The summed E-state index contributed by atoms with van der Waals surface area (Å²) in [6.45, 7) is 28.1. The van der Waals surface area contributed by atoms with E-state index < -0.39 is 0 Å². The number of aliphatic imine (C=N–C) groups is 2. The maximum atomic E-state index is 13.0. The van der Waals surface area contributed by atoms with Crippen LogP contribution in [0.1, 0.15) is 218 Å². The van der Waals surface area contributed by atoms with Crippen molar-refractivity contribution in [3.63, 3.8) is 0 Å². The van der Waals surface area contributed by atoms with Crippen LogP contribution in [0.4, 0.5) is 0 Å². The van der Waals surface area contributed by atoms with Gasteiger partial charge in [-0.3, -0.25) is 9.98 Å². The predicted molar refractivity (Wildman–Crippen MR) is 426 cm³/mol. The zero-order valence-corrected chi connectivity index (χ0v) is 63.8. The van der Waals surface area contributed by atoms with Gasteiger partial charge in [0, 0.05) is 76.6 Å². The molecule has 2 heterocycles. The SMILES string of the molecule is CC(C)(C)c1cc2c(O)c(c1)Cc1cc(C(C)(C)C)cc3c1OCCCOc1cccc(c1)C=NCOc1c4cccc1Cc1cccc(c1O)Cc1cccc(c1OCN=Cc1cccc(c1)OCCCOc1c(cc(C(C)(C)C)cc1Cc1cc(C(C)(C)C)cc(c1O)C3)C2)Cc1cccc(c1O)C4. The molecule has 10 aromatic rings. The lowest BCUT2D eigenvalue weighted by Crippen LogP contribution is -2.17. The minimum atomic E-state index is -0.272. The number of benzene rings is 10. The Morgan fingerprint density at radius 3 is 0.783 bits per heavy atom. The molecule has 0 spiro atoms. The maximum absolute atomic E-state index is 13.0. The zero-order chi connectivity index (χ0) is 74.7. The fourth-order valence-corrected chi connectivity index (χ4v) is 14.6. The Labute approximate surface area is 626 Å². The predicted octanol–water partition coefficient (Wildman–Crippen LogP) is 20.0. The van der Waals surface area contributed by atoms with Gasteiger partial charge in [-0.25, -0.2) is 0 Å². The summed E-state index contributed by atoms with van der Waals surface area (Å²) in [7, 11) is 0. The van der Waals surface area contributed by atoms with Crippen LogP contribution >= 0.6 is 0 Å². The molecule has 0 fully saturated rings. The van der Waals surface area contributed by atoms with Crippen molar-refractivity contribution >= 4 is 12.4 Å². The number of para-hydroxylation sites is 4. The van der Waals surface area contributed by atoms with Crippen LogP contribution in [0.5, 0.6) is 57.5 Å². The number of rotatable bonds is 0. The molecule has 0 amide bonds. The van der Waals surface area contributed by atoms with Gasteiger partial charge in [-0.1, -0.05) is 229 Å². The molecule has 14 rings (SSSR count). The first-order valence-corrected chi connectivity index (χ1v) is 37.5. The van der Waals surface area contributed by atoms with E-state index in [1.807, 2.05) is 121 Å². The van der Waals surface area contributed by atoms with Gasteiger partial charge >= 0.3 is 0 Å². The topological polar surface area (TPSA) is 161 Å². The van der Waals surface area contributed by atoms with Crippen molar-refractivity contribution in [3.05, 3.63) is 292 Å². The van der Waals surface area contributed by atoms with Crippen molar-refractivity contribution in [2.75, 3.05) is 39.9 Å². The molecule has 548 valence electrons. The van der Waals surface area contributed by atoms with E-state index in [0.717, 1.165) is 134 Å². The first kappa shape index (κ1) is 73.8. The first-order valence-electron chi connectivity index (χ1n) is 37.5. The number of fused-ring (bicyclic) bond motifs is 14. The van der Waals surface area contributed by atoms with E-state index in [2.05, 4.69) is 132 Å². The highest BCUT2D eigenvalue weighted by molar-refractivity contribution is 5.81. The molecule has 0 saturated carbocycles. The molecule has 10 aromatic carbocycles. The van der Waals surface area contributed by atoms with E-state index in [9.17, 15) is 20.4 Å². The summed E-state index contributed by atoms with van der Waals surface area (Å²) in [5.74, 6) is 4.99. The molecular weight excluding hydrogens is 1320 g/mol. The molecule has 2 aliphatic heterocycles. The number of hydrogen-bond acceptors (Lipinski definition) is 12. The molecule has 0 atom stereocenters. The van der Waals surface area contributed by atoms with Gasteiger partial charge in [0.25, 0.3) is 0 Å². The van der Waals surface area contributed by atoms with E-state index in [0.29, 0.717) is 114 Å². The lowest BCUT2D eigenvalue weighted by Gasteiger charge is -2.28. The monoisotopic (exact) mass is 1420 g/mol. The summed E-state index contributed by atoms with van der Waals surface area (Å²) in [4.78, 5) is 9.62. The second-order valence-electron chi connectivity index (χ2n) is 33.0. The summed E-state index contributed by atoms with van der Waals surface area (Å²) in [5, 5.41) is 50.4. The third-order valence-electron chi connectivity index (χ3n) is 20.7. The summed E-state index contributed by atoms with van der Waals surface area (Å²) < 4.78 is 40.7. The van der Waals surface area contributed by atoms with Crippen LogP contribution in [0.3, 0.4) is 0 Å². The normalized spacial score (nSPS) is 14.9. The van der Waals surface area contributed by atoms with Gasteiger partial charge in [-0.2, -0.15) is 0 Å². The minimum absolute atomic E-state index is 0.00189. The van der Waals surface area contributed by atoms with Gasteiger partial charge in [0.1, 0.15) is 57.5 Å². The number of ether oxygens (including phenoxy) is 6. The largest absolute Gasteiger partial charge is 0.507 e. The molecule has 0 unspecified atom stereocenters. The highest BCUT2D eigenvalue weighted by atomic mass is 16.5. The van der Waals surface area contributed by atoms with E-state index in [1.165, 1.54) is 0 Å². The quantitative estimate of drug-likeness (QED) is 0.115. The number of aromatic hydroxyl groups is 4. The van der Waals surface area contributed by atoms with Crippen molar-refractivity contribution in [2.45, 2.75) is 169 Å². The second kappa shape index (κ2) is 30.9. The molecule has 4 aliphatic rings. The Morgan fingerprint density at radius 1 is 0.255 bits per heavy atom.